The highest BCUT2D eigenvalue weighted by Gasteiger charge is 2.68. The maximum absolute atomic E-state index is 12.5. The highest BCUT2D eigenvalue weighted by Crippen LogP contribution is 2.68. The Labute approximate surface area is 182 Å². The monoisotopic (exact) mass is 436 g/mol. The Morgan fingerprint density at radius 1 is 1.27 bits per heavy atom. The van der Waals surface area contributed by atoms with Gasteiger partial charge in [0.1, 0.15) is 12.2 Å². The number of carboxylic acids is 1. The summed E-state index contributed by atoms with van der Waals surface area (Å²) in [6.45, 7) is 3.29. The summed E-state index contributed by atoms with van der Waals surface area (Å²) in [6, 6.07) is 0. The van der Waals surface area contributed by atoms with Crippen molar-refractivity contribution in [3.63, 3.8) is 0 Å². The molecule has 3 saturated carbocycles. The van der Waals surface area contributed by atoms with Gasteiger partial charge in [0.05, 0.1) is 12.5 Å². The smallest absolute Gasteiger partial charge is 0.303 e. The lowest BCUT2D eigenvalue weighted by molar-refractivity contribution is -0.184. The van der Waals surface area contributed by atoms with Crippen LogP contribution in [0.3, 0.4) is 0 Å². The second kappa shape index (κ2) is 7.19. The number of hydrogen-bond acceptors (Lipinski definition) is 6. The van der Waals surface area contributed by atoms with E-state index in [0.717, 1.165) is 23.3 Å². The zero-order chi connectivity index (χ0) is 22.1. The second-order valence-corrected chi connectivity index (χ2v) is 11.0. The minimum absolute atomic E-state index is 0.00468. The van der Waals surface area contributed by atoms with Crippen LogP contribution in [0.4, 0.5) is 0 Å². The summed E-state index contributed by atoms with van der Waals surface area (Å²) in [4.78, 5) is 25.0. The number of carboxylic acid groups (broad SMARTS) is 1. The molecule has 0 amide bonds. The summed E-state index contributed by atoms with van der Waals surface area (Å²) in [5.74, 6) is -1.64. The maximum Gasteiger partial charge on any atom is 0.303 e. The van der Waals surface area contributed by atoms with Gasteiger partial charge in [0.15, 0.2) is 5.78 Å². The highest BCUT2D eigenvalue weighted by molar-refractivity contribution is 7.80. The van der Waals surface area contributed by atoms with E-state index in [0.29, 0.717) is 19.3 Å². The van der Waals surface area contributed by atoms with E-state index in [1.807, 2.05) is 13.0 Å². The molecule has 4 aliphatic carbocycles. The van der Waals surface area contributed by atoms with Gasteiger partial charge in [-0.15, -0.1) is 0 Å². The Kier molecular flexibility index (Phi) is 5.29. The molecule has 4 rings (SSSR count). The van der Waals surface area contributed by atoms with Gasteiger partial charge >= 0.3 is 5.97 Å². The fraction of sp³-hybridized carbons (Fsp3) is 0.783. The quantitative estimate of drug-likeness (QED) is 0.500. The largest absolute Gasteiger partial charge is 0.481 e. The van der Waals surface area contributed by atoms with E-state index in [9.17, 15) is 30.0 Å². The molecule has 0 aromatic carbocycles. The van der Waals surface area contributed by atoms with Gasteiger partial charge in [0.2, 0.25) is 0 Å². The number of ketones is 1. The van der Waals surface area contributed by atoms with Crippen molar-refractivity contribution >= 4 is 28.8 Å². The van der Waals surface area contributed by atoms with E-state index in [2.05, 4.69) is 6.92 Å². The van der Waals surface area contributed by atoms with Crippen molar-refractivity contribution in [3.8, 4) is 0 Å². The summed E-state index contributed by atoms with van der Waals surface area (Å²) in [5, 5.41) is 41.7. The Hall–Kier alpha value is -1.15. The lowest BCUT2D eigenvalue weighted by atomic mass is 9.43. The molecule has 0 aromatic heterocycles. The zero-order valence-electron chi connectivity index (χ0n) is 17.6. The molecule has 6 nitrogen and oxygen atoms in total. The molecular formula is C23H32O6S. The van der Waals surface area contributed by atoms with Crippen LogP contribution in [0.5, 0.6) is 0 Å². The van der Waals surface area contributed by atoms with Gasteiger partial charge in [-0.3, -0.25) is 9.59 Å². The van der Waals surface area contributed by atoms with Gasteiger partial charge in [0, 0.05) is 10.3 Å². The SMILES string of the molecule is C[C@]12CCC(=S)C=C1C(CC(=O)O)C[C@@H]1[C@@H]2[C@@H](O)C[C@@]2(C)[C@H]1CC[C@]2(O)C(=O)CO. The average molecular weight is 437 g/mol. The molecule has 0 saturated heterocycles. The van der Waals surface area contributed by atoms with Crippen molar-refractivity contribution in [3.05, 3.63) is 11.6 Å². The third kappa shape index (κ3) is 2.89. The van der Waals surface area contributed by atoms with Gasteiger partial charge in [-0.25, -0.2) is 0 Å². The number of aliphatic hydroxyl groups is 3. The number of aliphatic carboxylic acids is 1. The van der Waals surface area contributed by atoms with Gasteiger partial charge in [-0.2, -0.15) is 0 Å². The summed E-state index contributed by atoms with van der Waals surface area (Å²) >= 11 is 5.45. The first-order chi connectivity index (χ1) is 14.0. The zero-order valence-corrected chi connectivity index (χ0v) is 18.5. The number of allylic oxidation sites excluding steroid dienone is 2. The molecule has 4 aliphatic rings. The second-order valence-electron chi connectivity index (χ2n) is 10.5. The number of aliphatic hydroxyl groups excluding tert-OH is 2. The van der Waals surface area contributed by atoms with Crippen LogP contribution >= 0.6 is 12.2 Å². The molecule has 0 radical (unpaired) electrons. The van der Waals surface area contributed by atoms with Crippen molar-refractivity contribution in [2.75, 3.05) is 6.61 Å². The van der Waals surface area contributed by atoms with Gasteiger partial charge in [-0.1, -0.05) is 31.6 Å². The summed E-state index contributed by atoms with van der Waals surface area (Å²) in [7, 11) is 0. The molecule has 3 fully saturated rings. The van der Waals surface area contributed by atoms with Gasteiger partial charge < -0.3 is 20.4 Å². The Bertz CT molecular complexity index is 823. The number of rotatable bonds is 4. The Balaban J connectivity index is 1.79. The molecule has 0 aliphatic heterocycles. The van der Waals surface area contributed by atoms with Crippen LogP contribution in [0.2, 0.25) is 0 Å². The molecule has 4 N–H and O–H groups in total. The van der Waals surface area contributed by atoms with Crippen LogP contribution in [-0.2, 0) is 9.59 Å². The maximum atomic E-state index is 12.5. The van der Waals surface area contributed by atoms with Crippen LogP contribution in [0.15, 0.2) is 11.6 Å². The van der Waals surface area contributed by atoms with Crippen molar-refractivity contribution in [1.29, 1.82) is 0 Å². The predicted molar refractivity (Wildman–Crippen MR) is 114 cm³/mol. The molecule has 166 valence electrons. The normalized spacial score (nSPS) is 47.7. The van der Waals surface area contributed by atoms with Crippen molar-refractivity contribution in [2.45, 2.75) is 70.5 Å². The average Bonchev–Trinajstić information content (AvgIpc) is 2.93. The molecule has 8 atom stereocenters. The van der Waals surface area contributed by atoms with E-state index in [-0.39, 0.29) is 41.9 Å². The van der Waals surface area contributed by atoms with Crippen LogP contribution < -0.4 is 0 Å². The fourth-order valence-corrected chi connectivity index (χ4v) is 8.15. The van der Waals surface area contributed by atoms with E-state index in [4.69, 9.17) is 12.2 Å². The summed E-state index contributed by atoms with van der Waals surface area (Å²) < 4.78 is 0. The first-order valence-electron chi connectivity index (χ1n) is 11.0. The molecule has 7 heteroatoms. The lowest BCUT2D eigenvalue weighted by Gasteiger charge is -2.62. The number of hydrogen-bond donors (Lipinski definition) is 4. The third-order valence-electron chi connectivity index (χ3n) is 9.23. The van der Waals surface area contributed by atoms with E-state index in [1.54, 1.807) is 0 Å². The first-order valence-corrected chi connectivity index (χ1v) is 11.4. The number of Topliss-reactive ketones (excluding diaryl/α,β-unsaturated/α-hetero) is 1. The minimum Gasteiger partial charge on any atom is -0.481 e. The number of thiocarbonyl (C=S) groups is 1. The number of carbonyl (C=O) groups is 2. The van der Waals surface area contributed by atoms with Crippen LogP contribution in [-0.4, -0.2) is 55.4 Å². The molecule has 30 heavy (non-hydrogen) atoms. The van der Waals surface area contributed by atoms with Gasteiger partial charge in [0.25, 0.3) is 0 Å². The van der Waals surface area contributed by atoms with Crippen molar-refractivity contribution in [2.24, 2.45) is 34.5 Å². The van der Waals surface area contributed by atoms with E-state index in [1.165, 1.54) is 0 Å². The van der Waals surface area contributed by atoms with Crippen molar-refractivity contribution in [1.82, 2.24) is 0 Å². The Morgan fingerprint density at radius 2 is 1.97 bits per heavy atom. The first kappa shape index (κ1) is 22.1. The fourth-order valence-electron chi connectivity index (χ4n) is 7.92. The molecule has 0 bridgehead atoms. The number of carbonyl (C=O) groups excluding carboxylic acids is 1. The predicted octanol–water partition coefficient (Wildman–Crippen LogP) is 2.28. The molecule has 0 aromatic rings. The number of fused-ring (bicyclic) bond motifs is 5. The highest BCUT2D eigenvalue weighted by atomic mass is 32.1. The molecular weight excluding hydrogens is 404 g/mol. The van der Waals surface area contributed by atoms with E-state index < -0.39 is 35.5 Å². The summed E-state index contributed by atoms with van der Waals surface area (Å²) in [6.07, 6.45) is 4.67. The van der Waals surface area contributed by atoms with Crippen LogP contribution in [0, 0.1) is 34.5 Å². The third-order valence-corrected chi connectivity index (χ3v) is 9.55. The molecule has 0 heterocycles. The molecule has 1 unspecified atom stereocenters. The van der Waals surface area contributed by atoms with Crippen molar-refractivity contribution < 1.29 is 30.0 Å². The standard InChI is InChI=1S/C23H32O6S/c1-21-5-3-13(30)9-16(21)12(8-19(27)28)7-14-15-4-6-23(29,18(26)11-24)22(15,2)10-17(25)20(14)21/h9,12,14-15,17,20,24-25,29H,3-8,10-11H2,1-2H3,(H,27,28)/t12?,14-,15-,17-,20+,21-,22-,23-/m0/s1. The molecule has 0 spiro atoms. The summed E-state index contributed by atoms with van der Waals surface area (Å²) in [5.41, 5.74) is -1.76. The Morgan fingerprint density at radius 3 is 2.60 bits per heavy atom. The van der Waals surface area contributed by atoms with E-state index >= 15 is 0 Å². The minimum atomic E-state index is -1.65. The van der Waals surface area contributed by atoms with Crippen LogP contribution in [0.1, 0.15) is 58.8 Å². The lowest BCUT2D eigenvalue weighted by Crippen LogP contribution is -2.62. The topological polar surface area (TPSA) is 115 Å². The van der Waals surface area contributed by atoms with Crippen LogP contribution in [0.25, 0.3) is 0 Å². The van der Waals surface area contributed by atoms with Gasteiger partial charge in [-0.05, 0) is 73.7 Å².